The first kappa shape index (κ1) is 22.3. The molecule has 5 nitrogen and oxygen atoms in total. The fourth-order valence-corrected chi connectivity index (χ4v) is 5.41. The van der Waals surface area contributed by atoms with Crippen LogP contribution in [0.15, 0.2) is 42.5 Å². The Morgan fingerprint density at radius 2 is 1.73 bits per heavy atom. The molecule has 2 aromatic carbocycles. The highest BCUT2D eigenvalue weighted by molar-refractivity contribution is 7.92. The maximum Gasteiger partial charge on any atom is 0.251 e. The lowest BCUT2D eigenvalue weighted by Gasteiger charge is -2.29. The molecule has 6 heteroatoms. The van der Waals surface area contributed by atoms with Crippen LogP contribution >= 0.6 is 0 Å². The minimum atomic E-state index is -3.32. The summed E-state index contributed by atoms with van der Waals surface area (Å²) in [6.07, 6.45) is 1.51. The lowest BCUT2D eigenvalue weighted by Crippen LogP contribution is -2.38. The topological polar surface area (TPSA) is 66.5 Å². The molecule has 1 atom stereocenters. The molecule has 1 N–H and O–H groups in total. The number of sulfonamides is 1. The largest absolute Gasteiger partial charge is 0.346 e. The molecule has 0 aliphatic carbocycles. The molecule has 3 rings (SSSR count). The number of nitrogens with one attached hydrogen (secondary N) is 1. The normalized spacial score (nSPS) is 17.4. The van der Waals surface area contributed by atoms with Crippen LogP contribution in [0.25, 0.3) is 0 Å². The smallest absolute Gasteiger partial charge is 0.251 e. The number of carbonyl (C=O) groups excluding carboxylic acids is 1. The van der Waals surface area contributed by atoms with Crippen LogP contribution in [0.4, 0.5) is 5.69 Å². The van der Waals surface area contributed by atoms with Crippen LogP contribution < -0.4 is 9.62 Å². The third kappa shape index (κ3) is 4.86. The first-order valence-electron chi connectivity index (χ1n) is 10.5. The van der Waals surface area contributed by atoms with E-state index in [1.165, 1.54) is 9.87 Å². The molecule has 1 saturated heterocycles. The fourth-order valence-electron chi connectivity index (χ4n) is 3.71. The molecule has 0 aromatic heterocycles. The monoisotopic (exact) mass is 428 g/mol. The minimum Gasteiger partial charge on any atom is -0.346 e. The summed E-state index contributed by atoms with van der Waals surface area (Å²) in [5.41, 5.74) is 4.28. The summed E-state index contributed by atoms with van der Waals surface area (Å²) in [6.45, 7) is 10.8. The van der Waals surface area contributed by atoms with Gasteiger partial charge in [-0.05, 0) is 60.9 Å². The van der Waals surface area contributed by atoms with Crippen LogP contribution in [0.5, 0.6) is 0 Å². The van der Waals surface area contributed by atoms with E-state index in [9.17, 15) is 13.2 Å². The number of hydrogen-bond acceptors (Lipinski definition) is 3. The number of nitrogens with zero attached hydrogens (tertiary/aromatic N) is 1. The predicted octanol–water partition coefficient (Wildman–Crippen LogP) is 4.71. The minimum absolute atomic E-state index is 0.0815. The number of benzene rings is 2. The van der Waals surface area contributed by atoms with Crippen molar-refractivity contribution in [3.05, 3.63) is 64.7 Å². The molecule has 30 heavy (non-hydrogen) atoms. The van der Waals surface area contributed by atoms with E-state index in [0.717, 1.165) is 17.5 Å². The van der Waals surface area contributed by atoms with Gasteiger partial charge in [0.05, 0.1) is 17.5 Å². The van der Waals surface area contributed by atoms with E-state index in [2.05, 4.69) is 38.2 Å². The molecule has 0 unspecified atom stereocenters. The standard InChI is InChI=1S/C24H32N2O3S/c1-17-8-9-20(16-22(17)26-14-6-7-15-30(26,28)29)23(27)25-18(2)19-10-12-21(13-11-19)24(3,4)5/h8-13,16,18H,6-7,14-15H2,1-5H3,(H,25,27)/t18-/m1/s1. The molecule has 162 valence electrons. The molecular formula is C24H32N2O3S. The number of anilines is 1. The van der Waals surface area contributed by atoms with E-state index in [1.54, 1.807) is 12.1 Å². The zero-order valence-corrected chi connectivity index (χ0v) is 19.3. The van der Waals surface area contributed by atoms with Gasteiger partial charge in [-0.3, -0.25) is 9.10 Å². The molecule has 1 aliphatic rings. The van der Waals surface area contributed by atoms with Gasteiger partial charge in [-0.25, -0.2) is 8.42 Å². The lowest BCUT2D eigenvalue weighted by atomic mass is 9.86. The van der Waals surface area contributed by atoms with Crippen molar-refractivity contribution in [3.63, 3.8) is 0 Å². The van der Waals surface area contributed by atoms with Crippen LogP contribution in [0, 0.1) is 6.92 Å². The second-order valence-corrected chi connectivity index (χ2v) is 11.2. The van der Waals surface area contributed by atoms with Gasteiger partial charge in [-0.15, -0.1) is 0 Å². The van der Waals surface area contributed by atoms with E-state index in [-0.39, 0.29) is 23.1 Å². The Hall–Kier alpha value is -2.34. The summed E-state index contributed by atoms with van der Waals surface area (Å²) < 4.78 is 26.5. The molecular weight excluding hydrogens is 396 g/mol. The number of amides is 1. The molecule has 1 amide bonds. The Morgan fingerprint density at radius 1 is 1.07 bits per heavy atom. The first-order valence-corrected chi connectivity index (χ1v) is 12.1. The highest BCUT2D eigenvalue weighted by atomic mass is 32.2. The van der Waals surface area contributed by atoms with Gasteiger partial charge in [-0.1, -0.05) is 51.1 Å². The molecule has 1 fully saturated rings. The van der Waals surface area contributed by atoms with E-state index < -0.39 is 10.0 Å². The Morgan fingerprint density at radius 3 is 2.33 bits per heavy atom. The van der Waals surface area contributed by atoms with E-state index in [0.29, 0.717) is 24.2 Å². The summed E-state index contributed by atoms with van der Waals surface area (Å²) in [5.74, 6) is -0.0529. The SMILES string of the molecule is Cc1ccc(C(=O)N[C@H](C)c2ccc(C(C)(C)C)cc2)cc1N1CCCCS1(=O)=O. The van der Waals surface area contributed by atoms with Gasteiger partial charge in [-0.2, -0.15) is 0 Å². The van der Waals surface area contributed by atoms with Crippen molar-refractivity contribution in [1.82, 2.24) is 5.32 Å². The van der Waals surface area contributed by atoms with Gasteiger partial charge < -0.3 is 5.32 Å². The second-order valence-electron chi connectivity index (χ2n) is 9.16. The molecule has 1 aliphatic heterocycles. The van der Waals surface area contributed by atoms with E-state index in [4.69, 9.17) is 0 Å². The number of hydrogen-bond donors (Lipinski definition) is 1. The number of rotatable bonds is 4. The summed E-state index contributed by atoms with van der Waals surface area (Å²) in [7, 11) is -3.32. The molecule has 0 saturated carbocycles. The summed E-state index contributed by atoms with van der Waals surface area (Å²) in [5, 5.41) is 3.03. The average molecular weight is 429 g/mol. The molecule has 1 heterocycles. The third-order valence-electron chi connectivity index (χ3n) is 5.71. The molecule has 0 bridgehead atoms. The Kier molecular flexibility index (Phi) is 6.27. The Labute approximate surface area is 180 Å². The van der Waals surface area contributed by atoms with Crippen LogP contribution in [0.3, 0.4) is 0 Å². The molecule has 0 spiro atoms. The average Bonchev–Trinajstić information content (AvgIpc) is 2.67. The van der Waals surface area contributed by atoms with Gasteiger partial charge in [0.25, 0.3) is 5.91 Å². The number of carbonyl (C=O) groups is 1. The Balaban J connectivity index is 1.79. The quantitative estimate of drug-likeness (QED) is 0.767. The summed E-state index contributed by atoms with van der Waals surface area (Å²) in [4.78, 5) is 12.9. The maximum atomic E-state index is 12.9. The van der Waals surface area contributed by atoms with Crippen molar-refractivity contribution in [2.75, 3.05) is 16.6 Å². The Bertz CT molecular complexity index is 1020. The summed E-state index contributed by atoms with van der Waals surface area (Å²) in [6, 6.07) is 13.4. The maximum absolute atomic E-state index is 12.9. The van der Waals surface area contributed by atoms with E-state index in [1.807, 2.05) is 32.0 Å². The van der Waals surface area contributed by atoms with Crippen LogP contribution in [-0.4, -0.2) is 26.6 Å². The number of aryl methyl sites for hydroxylation is 1. The molecule has 0 radical (unpaired) electrons. The van der Waals surface area contributed by atoms with Crippen molar-refractivity contribution in [2.24, 2.45) is 0 Å². The van der Waals surface area contributed by atoms with Crippen molar-refractivity contribution < 1.29 is 13.2 Å². The van der Waals surface area contributed by atoms with Gasteiger partial charge in [0.15, 0.2) is 0 Å². The first-order chi connectivity index (χ1) is 14.0. The fraction of sp³-hybridized carbons (Fsp3) is 0.458. The van der Waals surface area contributed by atoms with Crippen LogP contribution in [0.1, 0.15) is 73.6 Å². The predicted molar refractivity (Wildman–Crippen MR) is 123 cm³/mol. The summed E-state index contributed by atoms with van der Waals surface area (Å²) >= 11 is 0. The van der Waals surface area contributed by atoms with Crippen LogP contribution in [0.2, 0.25) is 0 Å². The van der Waals surface area contributed by atoms with Gasteiger partial charge >= 0.3 is 0 Å². The third-order valence-corrected chi connectivity index (χ3v) is 7.57. The molecule has 2 aromatic rings. The van der Waals surface area contributed by atoms with Crippen molar-refractivity contribution >= 4 is 21.6 Å². The second kappa shape index (κ2) is 8.42. The van der Waals surface area contributed by atoms with E-state index >= 15 is 0 Å². The van der Waals surface area contributed by atoms with Gasteiger partial charge in [0.1, 0.15) is 0 Å². The van der Waals surface area contributed by atoms with Gasteiger partial charge in [0, 0.05) is 12.1 Å². The van der Waals surface area contributed by atoms with Gasteiger partial charge in [0.2, 0.25) is 10.0 Å². The van der Waals surface area contributed by atoms with Crippen molar-refractivity contribution in [3.8, 4) is 0 Å². The zero-order chi connectivity index (χ0) is 22.1. The zero-order valence-electron chi connectivity index (χ0n) is 18.5. The van der Waals surface area contributed by atoms with Crippen molar-refractivity contribution in [2.45, 2.75) is 58.9 Å². The van der Waals surface area contributed by atoms with Crippen molar-refractivity contribution in [1.29, 1.82) is 0 Å². The highest BCUT2D eigenvalue weighted by Gasteiger charge is 2.27. The highest BCUT2D eigenvalue weighted by Crippen LogP contribution is 2.28. The lowest BCUT2D eigenvalue weighted by molar-refractivity contribution is 0.0940. The van der Waals surface area contributed by atoms with Crippen LogP contribution in [-0.2, 0) is 15.4 Å².